The molecule has 0 aliphatic heterocycles. The Morgan fingerprint density at radius 1 is 1.07 bits per heavy atom. The number of halogens is 3. The van der Waals surface area contributed by atoms with Gasteiger partial charge in [0.25, 0.3) is 0 Å². The van der Waals surface area contributed by atoms with E-state index in [2.05, 4.69) is 0 Å². The lowest BCUT2D eigenvalue weighted by atomic mass is 9.98. The number of alkyl halides is 3. The smallest absolute Gasteiger partial charge is 0.192 e. The van der Waals surface area contributed by atoms with E-state index in [-0.39, 0.29) is 11.1 Å². The van der Waals surface area contributed by atoms with Crippen LogP contribution in [0, 0.1) is 29.6 Å². The Morgan fingerprint density at radius 2 is 1.53 bits per heavy atom. The van der Waals surface area contributed by atoms with Crippen LogP contribution in [0.5, 0.6) is 0 Å². The maximum atomic E-state index is 12.6. The highest BCUT2D eigenvalue weighted by molar-refractivity contribution is 5.51. The average molecular weight is 210 g/mol. The Hall–Kier alpha value is -2.01. The normalized spacial score (nSPS) is 10.5. The monoisotopic (exact) mass is 210 g/mol. The van der Waals surface area contributed by atoms with Crippen LogP contribution in [0.4, 0.5) is 13.2 Å². The summed E-state index contributed by atoms with van der Waals surface area (Å²) in [5, 5.41) is 17.1. The number of hydrogen-bond donors (Lipinski definition) is 0. The van der Waals surface area contributed by atoms with Crippen LogP contribution in [0.3, 0.4) is 0 Å². The fourth-order valence-electron chi connectivity index (χ4n) is 1.29. The lowest BCUT2D eigenvalue weighted by molar-refractivity contribution is -0.138. The largest absolute Gasteiger partial charge is 0.417 e. The van der Waals surface area contributed by atoms with Crippen LogP contribution in [0.2, 0.25) is 0 Å². The van der Waals surface area contributed by atoms with Crippen molar-refractivity contribution in [1.29, 1.82) is 10.5 Å². The molecule has 0 saturated carbocycles. The summed E-state index contributed by atoms with van der Waals surface area (Å²) in [4.78, 5) is 0. The summed E-state index contributed by atoms with van der Waals surface area (Å²) in [6.45, 7) is 1.18. The third-order valence-electron chi connectivity index (χ3n) is 1.99. The first-order valence-corrected chi connectivity index (χ1v) is 3.92. The molecule has 0 heterocycles. The molecule has 0 aliphatic carbocycles. The Kier molecular flexibility index (Phi) is 2.67. The molecule has 0 aromatic heterocycles. The van der Waals surface area contributed by atoms with E-state index in [4.69, 9.17) is 10.5 Å². The molecule has 1 aromatic rings. The minimum Gasteiger partial charge on any atom is -0.192 e. The summed E-state index contributed by atoms with van der Waals surface area (Å²) in [5.41, 5.74) is -1.76. The summed E-state index contributed by atoms with van der Waals surface area (Å²) in [6.07, 6.45) is -4.61. The van der Waals surface area contributed by atoms with E-state index in [9.17, 15) is 13.2 Å². The van der Waals surface area contributed by atoms with Crippen molar-refractivity contribution in [2.24, 2.45) is 0 Å². The topological polar surface area (TPSA) is 47.6 Å². The molecular weight excluding hydrogens is 205 g/mol. The predicted molar refractivity (Wildman–Crippen MR) is 45.6 cm³/mol. The van der Waals surface area contributed by atoms with Crippen LogP contribution in [0.15, 0.2) is 12.1 Å². The maximum Gasteiger partial charge on any atom is 0.417 e. The Labute approximate surface area is 84.2 Å². The van der Waals surface area contributed by atoms with Gasteiger partial charge in [0.15, 0.2) is 0 Å². The van der Waals surface area contributed by atoms with Gasteiger partial charge in [0.1, 0.15) is 0 Å². The highest BCUT2D eigenvalue weighted by Gasteiger charge is 2.36. The third-order valence-corrected chi connectivity index (χ3v) is 1.99. The van der Waals surface area contributed by atoms with Gasteiger partial charge in [0.05, 0.1) is 28.8 Å². The lowest BCUT2D eigenvalue weighted by Crippen LogP contribution is -2.11. The predicted octanol–water partition coefficient (Wildman–Crippen LogP) is 2.76. The molecule has 76 valence electrons. The summed E-state index contributed by atoms with van der Waals surface area (Å²) in [7, 11) is 0. The van der Waals surface area contributed by atoms with E-state index in [0.29, 0.717) is 0 Å². The van der Waals surface area contributed by atoms with Gasteiger partial charge in [-0.25, -0.2) is 0 Å². The van der Waals surface area contributed by atoms with Crippen LogP contribution in [-0.4, -0.2) is 0 Å². The van der Waals surface area contributed by atoms with Gasteiger partial charge >= 0.3 is 6.18 Å². The zero-order chi connectivity index (χ0) is 11.6. The van der Waals surface area contributed by atoms with E-state index in [1.807, 2.05) is 0 Å². The van der Waals surface area contributed by atoms with Crippen molar-refractivity contribution in [3.63, 3.8) is 0 Å². The van der Waals surface area contributed by atoms with Gasteiger partial charge in [-0.1, -0.05) is 0 Å². The molecule has 0 aliphatic rings. The fourth-order valence-corrected chi connectivity index (χ4v) is 1.29. The van der Waals surface area contributed by atoms with Crippen molar-refractivity contribution in [1.82, 2.24) is 0 Å². The highest BCUT2D eigenvalue weighted by atomic mass is 19.4. The van der Waals surface area contributed by atoms with Crippen LogP contribution in [0.1, 0.15) is 22.3 Å². The van der Waals surface area contributed by atoms with Gasteiger partial charge < -0.3 is 0 Å². The van der Waals surface area contributed by atoms with Crippen LogP contribution < -0.4 is 0 Å². The number of hydrogen-bond acceptors (Lipinski definition) is 2. The molecule has 1 rings (SSSR count). The van der Waals surface area contributed by atoms with Crippen molar-refractivity contribution >= 4 is 0 Å². The molecule has 5 heteroatoms. The van der Waals surface area contributed by atoms with E-state index >= 15 is 0 Å². The Balaban J connectivity index is 3.61. The first-order chi connectivity index (χ1) is 6.91. The quantitative estimate of drug-likeness (QED) is 0.660. The van der Waals surface area contributed by atoms with E-state index in [1.54, 1.807) is 6.07 Å². The van der Waals surface area contributed by atoms with Gasteiger partial charge in [-0.15, -0.1) is 0 Å². The SMILES string of the molecule is Cc1c(C#N)ccc(C#N)c1C(F)(F)F. The second-order valence-corrected chi connectivity index (χ2v) is 2.88. The number of nitriles is 2. The van der Waals surface area contributed by atoms with E-state index in [1.165, 1.54) is 19.1 Å². The van der Waals surface area contributed by atoms with Crippen LogP contribution in [0.25, 0.3) is 0 Å². The average Bonchev–Trinajstić information content (AvgIpc) is 2.15. The van der Waals surface area contributed by atoms with Crippen molar-refractivity contribution in [3.05, 3.63) is 34.4 Å². The first kappa shape index (κ1) is 11.1. The molecule has 0 fully saturated rings. The van der Waals surface area contributed by atoms with Gasteiger partial charge in [0.2, 0.25) is 0 Å². The minimum atomic E-state index is -4.61. The molecule has 0 N–H and O–H groups in total. The zero-order valence-corrected chi connectivity index (χ0v) is 7.68. The molecule has 1 aromatic carbocycles. The summed E-state index contributed by atoms with van der Waals surface area (Å²) in [6, 6.07) is 5.33. The van der Waals surface area contributed by atoms with E-state index < -0.39 is 17.3 Å². The second kappa shape index (κ2) is 3.62. The molecule has 0 amide bonds. The maximum absolute atomic E-state index is 12.6. The Morgan fingerprint density at radius 3 is 1.93 bits per heavy atom. The zero-order valence-electron chi connectivity index (χ0n) is 7.68. The molecule has 0 spiro atoms. The van der Waals surface area contributed by atoms with Crippen molar-refractivity contribution in [3.8, 4) is 12.1 Å². The van der Waals surface area contributed by atoms with Crippen molar-refractivity contribution < 1.29 is 13.2 Å². The van der Waals surface area contributed by atoms with E-state index in [0.717, 1.165) is 6.07 Å². The van der Waals surface area contributed by atoms with Gasteiger partial charge in [-0.3, -0.25) is 0 Å². The van der Waals surface area contributed by atoms with Crippen LogP contribution in [-0.2, 0) is 6.18 Å². The highest BCUT2D eigenvalue weighted by Crippen LogP contribution is 2.35. The molecule has 0 atom stereocenters. The van der Waals surface area contributed by atoms with Crippen LogP contribution >= 0.6 is 0 Å². The molecular formula is C10H5F3N2. The molecule has 0 saturated heterocycles. The minimum absolute atomic E-state index is 0.0682. The fraction of sp³-hybridized carbons (Fsp3) is 0.200. The van der Waals surface area contributed by atoms with Gasteiger partial charge in [-0.2, -0.15) is 23.7 Å². The summed E-state index contributed by atoms with van der Waals surface area (Å²) in [5.74, 6) is 0. The van der Waals surface area contributed by atoms with Gasteiger partial charge in [-0.05, 0) is 24.6 Å². The molecule has 2 nitrogen and oxygen atoms in total. The molecule has 0 unspecified atom stereocenters. The molecule has 0 radical (unpaired) electrons. The number of nitrogens with zero attached hydrogens (tertiary/aromatic N) is 2. The molecule has 0 bridgehead atoms. The summed E-state index contributed by atoms with van der Waals surface area (Å²) < 4.78 is 37.7. The van der Waals surface area contributed by atoms with Crippen molar-refractivity contribution in [2.75, 3.05) is 0 Å². The standard InChI is InChI=1S/C10H5F3N2/c1-6-7(4-14)2-3-8(5-15)9(6)10(11,12)13/h2-3H,1H3. The Bertz CT molecular complexity index is 475. The molecule has 15 heavy (non-hydrogen) atoms. The van der Waals surface area contributed by atoms with Crippen molar-refractivity contribution in [2.45, 2.75) is 13.1 Å². The second-order valence-electron chi connectivity index (χ2n) is 2.88. The third kappa shape index (κ3) is 1.92. The van der Waals surface area contributed by atoms with Gasteiger partial charge in [0, 0.05) is 0 Å². The number of benzene rings is 1. The lowest BCUT2D eigenvalue weighted by Gasteiger charge is -2.12. The summed E-state index contributed by atoms with van der Waals surface area (Å²) >= 11 is 0. The first-order valence-electron chi connectivity index (χ1n) is 3.92. The number of rotatable bonds is 0.